The number of H-pyrrole nitrogens is 1. The van der Waals surface area contributed by atoms with E-state index in [-0.39, 0.29) is 11.7 Å². The van der Waals surface area contributed by atoms with Crippen LogP contribution in [0.4, 0.5) is 0 Å². The normalized spacial score (nSPS) is 19.8. The SMILES string of the molecule is Cc1cccc2c(=O)[nH]c(CCN3CC[C@H](O)C3)cc12. The first kappa shape index (κ1) is 13.3. The summed E-state index contributed by atoms with van der Waals surface area (Å²) in [7, 11) is 0. The number of hydrogen-bond donors (Lipinski definition) is 2. The van der Waals surface area contributed by atoms with Crippen LogP contribution in [0.3, 0.4) is 0 Å². The monoisotopic (exact) mass is 272 g/mol. The molecule has 0 spiro atoms. The number of rotatable bonds is 3. The summed E-state index contributed by atoms with van der Waals surface area (Å²) in [5, 5.41) is 11.3. The number of aliphatic hydroxyl groups is 1. The Kier molecular flexibility index (Phi) is 3.59. The minimum absolute atomic E-state index is 0.0114. The van der Waals surface area contributed by atoms with E-state index < -0.39 is 0 Å². The molecule has 106 valence electrons. The van der Waals surface area contributed by atoms with Gasteiger partial charge in [0.25, 0.3) is 5.56 Å². The van der Waals surface area contributed by atoms with Crippen LogP contribution in [0.2, 0.25) is 0 Å². The van der Waals surface area contributed by atoms with Crippen LogP contribution in [0.1, 0.15) is 17.7 Å². The number of fused-ring (bicyclic) bond motifs is 1. The highest BCUT2D eigenvalue weighted by atomic mass is 16.3. The number of aromatic nitrogens is 1. The van der Waals surface area contributed by atoms with Gasteiger partial charge in [0.15, 0.2) is 0 Å². The van der Waals surface area contributed by atoms with Crippen LogP contribution in [0.5, 0.6) is 0 Å². The predicted octanol–water partition coefficient (Wildman–Crippen LogP) is 1.45. The third-order valence-corrected chi connectivity index (χ3v) is 4.11. The Hall–Kier alpha value is -1.65. The number of nitrogens with zero attached hydrogens (tertiary/aromatic N) is 1. The van der Waals surface area contributed by atoms with E-state index in [0.717, 1.165) is 54.5 Å². The Morgan fingerprint density at radius 3 is 3.00 bits per heavy atom. The summed E-state index contributed by atoms with van der Waals surface area (Å²) in [6.45, 7) is 4.60. The van der Waals surface area contributed by atoms with Crippen molar-refractivity contribution in [3.8, 4) is 0 Å². The molecule has 0 saturated carbocycles. The lowest BCUT2D eigenvalue weighted by Gasteiger charge is -2.14. The zero-order valence-electron chi connectivity index (χ0n) is 11.7. The maximum Gasteiger partial charge on any atom is 0.256 e. The Balaban J connectivity index is 1.82. The first-order valence-electron chi connectivity index (χ1n) is 7.15. The molecule has 3 rings (SSSR count). The van der Waals surface area contributed by atoms with Crippen LogP contribution in [-0.2, 0) is 6.42 Å². The molecule has 2 heterocycles. The number of aliphatic hydroxyl groups excluding tert-OH is 1. The zero-order valence-corrected chi connectivity index (χ0v) is 11.7. The molecule has 0 amide bonds. The van der Waals surface area contributed by atoms with Gasteiger partial charge in [-0.2, -0.15) is 0 Å². The number of likely N-dealkylation sites (tertiary alicyclic amines) is 1. The third-order valence-electron chi connectivity index (χ3n) is 4.11. The Labute approximate surface area is 118 Å². The topological polar surface area (TPSA) is 56.3 Å². The first-order chi connectivity index (χ1) is 9.63. The molecule has 2 aromatic rings. The summed E-state index contributed by atoms with van der Waals surface area (Å²) < 4.78 is 0. The Bertz CT molecular complexity index is 678. The van der Waals surface area contributed by atoms with Gasteiger partial charge < -0.3 is 15.0 Å². The number of β-amino-alcohol motifs (C(OH)–C–C–N with tert-alkyl or cyclic N) is 1. The van der Waals surface area contributed by atoms with Crippen LogP contribution >= 0.6 is 0 Å². The second-order valence-corrected chi connectivity index (χ2v) is 5.65. The first-order valence-corrected chi connectivity index (χ1v) is 7.15. The van der Waals surface area contributed by atoms with Crippen LogP contribution in [0.25, 0.3) is 10.8 Å². The van der Waals surface area contributed by atoms with Gasteiger partial charge in [0, 0.05) is 37.1 Å². The van der Waals surface area contributed by atoms with Crippen molar-refractivity contribution in [2.75, 3.05) is 19.6 Å². The summed E-state index contributed by atoms with van der Waals surface area (Å²) >= 11 is 0. The van der Waals surface area contributed by atoms with Crippen LogP contribution < -0.4 is 5.56 Å². The molecule has 1 aromatic heterocycles. The second kappa shape index (κ2) is 5.38. The number of hydrogen-bond acceptors (Lipinski definition) is 3. The van der Waals surface area contributed by atoms with E-state index in [2.05, 4.69) is 16.0 Å². The van der Waals surface area contributed by atoms with Gasteiger partial charge in [-0.15, -0.1) is 0 Å². The van der Waals surface area contributed by atoms with Crippen molar-refractivity contribution in [2.45, 2.75) is 25.9 Å². The number of benzene rings is 1. The van der Waals surface area contributed by atoms with E-state index in [1.54, 1.807) is 0 Å². The van der Waals surface area contributed by atoms with Crippen LogP contribution in [0, 0.1) is 6.92 Å². The van der Waals surface area contributed by atoms with Crippen LogP contribution in [0.15, 0.2) is 29.1 Å². The van der Waals surface area contributed by atoms with Gasteiger partial charge in [-0.25, -0.2) is 0 Å². The van der Waals surface area contributed by atoms with Crippen molar-refractivity contribution >= 4 is 10.8 Å². The highest BCUT2D eigenvalue weighted by molar-refractivity contribution is 5.84. The minimum atomic E-state index is -0.187. The lowest BCUT2D eigenvalue weighted by atomic mass is 10.1. The van der Waals surface area contributed by atoms with Crippen molar-refractivity contribution in [2.24, 2.45) is 0 Å². The average Bonchev–Trinajstić information content (AvgIpc) is 2.84. The quantitative estimate of drug-likeness (QED) is 0.889. The van der Waals surface area contributed by atoms with Gasteiger partial charge in [-0.1, -0.05) is 12.1 Å². The molecule has 0 radical (unpaired) electrons. The highest BCUT2D eigenvalue weighted by Crippen LogP contribution is 2.16. The van der Waals surface area contributed by atoms with E-state index in [9.17, 15) is 9.90 Å². The molecular formula is C16H20N2O2. The second-order valence-electron chi connectivity index (χ2n) is 5.65. The van der Waals surface area contributed by atoms with E-state index in [0.29, 0.717) is 0 Å². The summed E-state index contributed by atoms with van der Waals surface area (Å²) in [4.78, 5) is 17.3. The fourth-order valence-corrected chi connectivity index (χ4v) is 2.92. The molecule has 1 fully saturated rings. The van der Waals surface area contributed by atoms with Gasteiger partial charge >= 0.3 is 0 Å². The number of aromatic amines is 1. The van der Waals surface area contributed by atoms with Gasteiger partial charge in [0.05, 0.1) is 6.10 Å². The lowest BCUT2D eigenvalue weighted by molar-refractivity contribution is 0.176. The van der Waals surface area contributed by atoms with Crippen LogP contribution in [-0.4, -0.2) is 40.7 Å². The fraction of sp³-hybridized carbons (Fsp3) is 0.438. The van der Waals surface area contributed by atoms with Gasteiger partial charge in [0.1, 0.15) is 0 Å². The van der Waals surface area contributed by atoms with Gasteiger partial charge in [-0.3, -0.25) is 4.79 Å². The summed E-state index contributed by atoms with van der Waals surface area (Å²) in [6, 6.07) is 7.89. The van der Waals surface area contributed by atoms with Crippen molar-refractivity contribution in [1.82, 2.24) is 9.88 Å². The molecule has 1 aliphatic heterocycles. The molecular weight excluding hydrogens is 252 g/mol. The fourth-order valence-electron chi connectivity index (χ4n) is 2.92. The summed E-state index contributed by atoms with van der Waals surface area (Å²) in [6.07, 6.45) is 1.48. The van der Waals surface area contributed by atoms with Gasteiger partial charge in [0.2, 0.25) is 0 Å². The molecule has 4 nitrogen and oxygen atoms in total. The van der Waals surface area contributed by atoms with E-state index in [4.69, 9.17) is 0 Å². The maximum atomic E-state index is 12.1. The number of nitrogens with one attached hydrogen (secondary N) is 1. The molecule has 0 bridgehead atoms. The largest absolute Gasteiger partial charge is 0.392 e. The average molecular weight is 272 g/mol. The molecule has 1 aromatic carbocycles. The standard InChI is InChI=1S/C16H20N2O2/c1-11-3-2-4-14-15(11)9-12(17-16(14)20)5-7-18-8-6-13(19)10-18/h2-4,9,13,19H,5-8,10H2,1H3,(H,17,20)/t13-/m0/s1. The van der Waals surface area contributed by atoms with E-state index in [1.807, 2.05) is 25.1 Å². The summed E-state index contributed by atoms with van der Waals surface area (Å²) in [5.41, 5.74) is 2.09. The zero-order chi connectivity index (χ0) is 14.1. The van der Waals surface area contributed by atoms with E-state index in [1.165, 1.54) is 0 Å². The van der Waals surface area contributed by atoms with Crippen molar-refractivity contribution in [1.29, 1.82) is 0 Å². The molecule has 4 heteroatoms. The van der Waals surface area contributed by atoms with Crippen molar-refractivity contribution < 1.29 is 5.11 Å². The molecule has 1 saturated heterocycles. The summed E-state index contributed by atoms with van der Waals surface area (Å²) in [5.74, 6) is 0. The molecule has 1 atom stereocenters. The van der Waals surface area contributed by atoms with Gasteiger partial charge in [-0.05, 0) is 36.4 Å². The third kappa shape index (κ3) is 2.62. The smallest absolute Gasteiger partial charge is 0.256 e. The molecule has 0 unspecified atom stereocenters. The van der Waals surface area contributed by atoms with Crippen molar-refractivity contribution in [3.05, 3.63) is 45.9 Å². The maximum absolute atomic E-state index is 12.1. The van der Waals surface area contributed by atoms with E-state index >= 15 is 0 Å². The lowest BCUT2D eigenvalue weighted by Crippen LogP contribution is -2.25. The minimum Gasteiger partial charge on any atom is -0.392 e. The van der Waals surface area contributed by atoms with Crippen molar-refractivity contribution in [3.63, 3.8) is 0 Å². The highest BCUT2D eigenvalue weighted by Gasteiger charge is 2.19. The molecule has 0 aliphatic carbocycles. The Morgan fingerprint density at radius 2 is 2.25 bits per heavy atom. The predicted molar refractivity (Wildman–Crippen MR) is 80.1 cm³/mol. The number of pyridine rings is 1. The number of aryl methyl sites for hydroxylation is 1. The molecule has 2 N–H and O–H groups in total. The Morgan fingerprint density at radius 1 is 1.40 bits per heavy atom. The molecule has 1 aliphatic rings. The molecule has 20 heavy (non-hydrogen) atoms.